The Kier molecular flexibility index (Phi) is 4.62. The van der Waals surface area contributed by atoms with Gasteiger partial charge in [-0.05, 0) is 49.1 Å². The molecule has 1 saturated heterocycles. The third-order valence-corrected chi connectivity index (χ3v) is 6.24. The fourth-order valence-corrected chi connectivity index (χ4v) is 4.66. The number of nitrogens with zero attached hydrogens (tertiary/aromatic N) is 3. The van der Waals surface area contributed by atoms with Gasteiger partial charge in [-0.15, -0.1) is 0 Å². The Morgan fingerprint density at radius 3 is 2.66 bits per heavy atom. The van der Waals surface area contributed by atoms with Gasteiger partial charge in [0.1, 0.15) is 0 Å². The Morgan fingerprint density at radius 2 is 1.86 bits per heavy atom. The van der Waals surface area contributed by atoms with Crippen molar-refractivity contribution in [3.8, 4) is 0 Å². The number of hydrogen-bond donors (Lipinski definition) is 1. The van der Waals surface area contributed by atoms with E-state index in [1.165, 1.54) is 5.56 Å². The van der Waals surface area contributed by atoms with Crippen LogP contribution in [0.4, 0.5) is 5.95 Å². The highest BCUT2D eigenvalue weighted by Crippen LogP contribution is 2.27. The Bertz CT molecular complexity index is 1110. The van der Waals surface area contributed by atoms with Crippen LogP contribution in [0, 0.1) is 5.92 Å². The quantitative estimate of drug-likeness (QED) is 0.745. The molecule has 5 rings (SSSR count). The summed E-state index contributed by atoms with van der Waals surface area (Å²) in [5.74, 6) is 1.32. The van der Waals surface area contributed by atoms with Crippen LogP contribution in [-0.4, -0.2) is 33.8 Å². The minimum absolute atomic E-state index is 0.0737. The van der Waals surface area contributed by atoms with Crippen LogP contribution in [-0.2, 0) is 12.8 Å². The van der Waals surface area contributed by atoms with Gasteiger partial charge in [0.25, 0.3) is 5.56 Å². The molecule has 0 amide bonds. The fourth-order valence-electron chi connectivity index (χ4n) is 4.66. The Hall–Kier alpha value is -3.02. The van der Waals surface area contributed by atoms with Gasteiger partial charge in [0, 0.05) is 31.3 Å². The first-order valence-electron chi connectivity index (χ1n) is 10.4. The predicted octanol–water partition coefficient (Wildman–Crippen LogP) is 3.30. The second kappa shape index (κ2) is 7.43. The van der Waals surface area contributed by atoms with Crippen LogP contribution in [0.3, 0.4) is 0 Å². The van der Waals surface area contributed by atoms with Crippen LogP contribution in [0.5, 0.6) is 0 Å². The van der Waals surface area contributed by atoms with Crippen molar-refractivity contribution in [1.29, 1.82) is 0 Å². The van der Waals surface area contributed by atoms with E-state index in [9.17, 15) is 9.59 Å². The molecule has 3 heterocycles. The largest absolute Gasteiger partial charge is 0.342 e. The molecule has 2 aromatic heterocycles. The molecule has 1 aliphatic carbocycles. The molecule has 1 aromatic carbocycles. The number of aryl methyl sites for hydroxylation is 1. The molecule has 0 unspecified atom stereocenters. The van der Waals surface area contributed by atoms with Gasteiger partial charge in [-0.1, -0.05) is 30.3 Å². The van der Waals surface area contributed by atoms with Crippen molar-refractivity contribution in [3.05, 3.63) is 63.6 Å². The summed E-state index contributed by atoms with van der Waals surface area (Å²) >= 11 is 0. The van der Waals surface area contributed by atoms with E-state index in [2.05, 4.69) is 50.2 Å². The molecule has 0 bridgehead atoms. The monoisotopic (exact) mass is 388 g/mol. The molecule has 29 heavy (non-hydrogen) atoms. The fraction of sp³-hybridized carbons (Fsp3) is 0.391. The smallest absolute Gasteiger partial charge is 0.262 e. The predicted molar refractivity (Wildman–Crippen MR) is 113 cm³/mol. The zero-order chi connectivity index (χ0) is 19.8. The average molecular weight is 388 g/mol. The number of hydrogen-bond acceptors (Lipinski definition) is 5. The summed E-state index contributed by atoms with van der Waals surface area (Å²) < 4.78 is 0. The third-order valence-electron chi connectivity index (χ3n) is 6.24. The highest BCUT2D eigenvalue weighted by atomic mass is 16.1. The lowest BCUT2D eigenvalue weighted by atomic mass is 9.90. The lowest BCUT2D eigenvalue weighted by molar-refractivity contribution is 0.0972. The third kappa shape index (κ3) is 3.43. The molecule has 0 saturated carbocycles. The van der Waals surface area contributed by atoms with Crippen molar-refractivity contribution in [2.45, 2.75) is 38.5 Å². The first kappa shape index (κ1) is 18.0. The molecule has 1 N–H and O–H groups in total. The van der Waals surface area contributed by atoms with E-state index in [1.54, 1.807) is 6.20 Å². The minimum atomic E-state index is -0.185. The van der Waals surface area contributed by atoms with E-state index in [0.717, 1.165) is 50.8 Å². The summed E-state index contributed by atoms with van der Waals surface area (Å²) in [5.41, 5.74) is 3.05. The van der Waals surface area contributed by atoms with E-state index in [0.29, 0.717) is 34.9 Å². The van der Waals surface area contributed by atoms with E-state index < -0.39 is 0 Å². The number of piperidine rings is 1. The summed E-state index contributed by atoms with van der Waals surface area (Å²) in [7, 11) is 0. The average Bonchev–Trinajstić information content (AvgIpc) is 2.75. The molecular weight excluding hydrogens is 364 g/mol. The standard InChI is InChI=1S/C23H24N4O2/c28-19-8-4-7-17-18(19)14-24-21-20(17)22(29)26-23(25-21)27-11-9-16(10-12-27)13-15-5-2-1-3-6-15/h1-3,5-6,14,16H,4,7-13H2,(H,24,25,26,29). The maximum Gasteiger partial charge on any atom is 0.262 e. The maximum atomic E-state index is 12.9. The van der Waals surface area contributed by atoms with E-state index in [-0.39, 0.29) is 11.3 Å². The van der Waals surface area contributed by atoms with Gasteiger partial charge in [-0.25, -0.2) is 4.98 Å². The molecule has 6 nitrogen and oxygen atoms in total. The lowest BCUT2D eigenvalue weighted by Gasteiger charge is -2.32. The maximum absolute atomic E-state index is 12.9. The number of Topliss-reactive ketones (excluding diaryl/α,β-unsaturated/α-hetero) is 1. The SMILES string of the molecule is O=C1CCCc2c1cnc1nc(N3CCC(Cc4ccccc4)CC3)[nH]c(=O)c21. The van der Waals surface area contributed by atoms with Crippen LogP contribution in [0.1, 0.15) is 47.2 Å². The number of ketones is 1. The summed E-state index contributed by atoms with van der Waals surface area (Å²) in [6.45, 7) is 1.74. The van der Waals surface area contributed by atoms with Crippen molar-refractivity contribution in [3.63, 3.8) is 0 Å². The Balaban J connectivity index is 1.37. The highest BCUT2D eigenvalue weighted by Gasteiger charge is 2.25. The highest BCUT2D eigenvalue weighted by molar-refractivity contribution is 6.01. The minimum Gasteiger partial charge on any atom is -0.342 e. The normalized spacial score (nSPS) is 17.5. The number of anilines is 1. The van der Waals surface area contributed by atoms with Gasteiger partial charge in [-0.2, -0.15) is 4.98 Å². The molecule has 2 aliphatic rings. The first-order valence-corrected chi connectivity index (χ1v) is 10.4. The van der Waals surface area contributed by atoms with Gasteiger partial charge in [0.2, 0.25) is 5.95 Å². The lowest BCUT2D eigenvalue weighted by Crippen LogP contribution is -2.36. The van der Waals surface area contributed by atoms with Gasteiger partial charge in [0.15, 0.2) is 11.4 Å². The molecular formula is C23H24N4O2. The van der Waals surface area contributed by atoms with Gasteiger partial charge in [-0.3, -0.25) is 14.6 Å². The molecule has 1 fully saturated rings. The number of carbonyl (C=O) groups is 1. The van der Waals surface area contributed by atoms with Gasteiger partial charge < -0.3 is 4.90 Å². The van der Waals surface area contributed by atoms with Crippen LogP contribution in [0.2, 0.25) is 0 Å². The zero-order valence-electron chi connectivity index (χ0n) is 16.4. The summed E-state index contributed by atoms with van der Waals surface area (Å²) in [6, 6.07) is 10.6. The van der Waals surface area contributed by atoms with E-state index >= 15 is 0 Å². The first-order chi connectivity index (χ1) is 14.2. The Morgan fingerprint density at radius 1 is 1.07 bits per heavy atom. The number of H-pyrrole nitrogens is 1. The molecule has 0 atom stereocenters. The van der Waals surface area contributed by atoms with Crippen LogP contribution < -0.4 is 10.5 Å². The number of rotatable bonds is 3. The topological polar surface area (TPSA) is 79.0 Å². The molecule has 1 aliphatic heterocycles. The second-order valence-electron chi connectivity index (χ2n) is 8.14. The molecule has 3 aromatic rings. The summed E-state index contributed by atoms with van der Waals surface area (Å²) in [5, 5.41) is 0.485. The van der Waals surface area contributed by atoms with E-state index in [4.69, 9.17) is 0 Å². The van der Waals surface area contributed by atoms with E-state index in [1.807, 2.05) is 0 Å². The van der Waals surface area contributed by atoms with Crippen molar-refractivity contribution in [2.24, 2.45) is 5.92 Å². The number of aromatic nitrogens is 3. The summed E-state index contributed by atoms with van der Waals surface area (Å²) in [6.07, 6.45) is 6.88. The molecule has 0 spiro atoms. The number of benzene rings is 1. The molecule has 0 radical (unpaired) electrons. The molecule has 148 valence electrons. The number of pyridine rings is 1. The van der Waals surface area contributed by atoms with Gasteiger partial charge >= 0.3 is 0 Å². The Labute approximate surface area is 169 Å². The van der Waals surface area contributed by atoms with Gasteiger partial charge in [0.05, 0.1) is 5.39 Å². The van der Waals surface area contributed by atoms with Crippen molar-refractivity contribution in [2.75, 3.05) is 18.0 Å². The number of carbonyl (C=O) groups excluding carboxylic acids is 1. The summed E-state index contributed by atoms with van der Waals surface area (Å²) in [4.78, 5) is 39.1. The zero-order valence-corrected chi connectivity index (χ0v) is 16.4. The van der Waals surface area contributed by atoms with Crippen molar-refractivity contribution in [1.82, 2.24) is 15.0 Å². The van der Waals surface area contributed by atoms with Crippen LogP contribution >= 0.6 is 0 Å². The van der Waals surface area contributed by atoms with Crippen molar-refractivity contribution >= 4 is 22.8 Å². The van der Waals surface area contributed by atoms with Crippen LogP contribution in [0.15, 0.2) is 41.3 Å². The van der Waals surface area contributed by atoms with Crippen LogP contribution in [0.25, 0.3) is 11.0 Å². The second-order valence-corrected chi connectivity index (χ2v) is 8.14. The van der Waals surface area contributed by atoms with Crippen molar-refractivity contribution < 1.29 is 4.79 Å². The number of nitrogens with one attached hydrogen (secondary N) is 1. The number of aromatic amines is 1. The molecule has 6 heteroatoms. The number of fused-ring (bicyclic) bond motifs is 3.